The van der Waals surface area contributed by atoms with E-state index in [-0.39, 0.29) is 0 Å². The molecule has 2 aromatic heterocycles. The summed E-state index contributed by atoms with van der Waals surface area (Å²) in [4.78, 5) is 0. The summed E-state index contributed by atoms with van der Waals surface area (Å²) in [6, 6.07) is 5.56. The molecule has 2 N–H and O–H groups in total. The van der Waals surface area contributed by atoms with E-state index in [0.717, 1.165) is 24.4 Å². The van der Waals surface area contributed by atoms with Gasteiger partial charge in [0.15, 0.2) is 10.4 Å². The van der Waals surface area contributed by atoms with Crippen LogP contribution in [0.1, 0.15) is 20.3 Å². The number of aromatic nitrogens is 2. The Morgan fingerprint density at radius 2 is 2.24 bits per heavy atom. The van der Waals surface area contributed by atoms with Crippen LogP contribution in [-0.2, 0) is 6.54 Å². The highest BCUT2D eigenvalue weighted by Gasteiger charge is 2.10. The van der Waals surface area contributed by atoms with Gasteiger partial charge in [0.25, 0.3) is 0 Å². The predicted molar refractivity (Wildman–Crippen MR) is 71.5 cm³/mol. The van der Waals surface area contributed by atoms with Crippen LogP contribution in [0, 0.1) is 5.92 Å². The van der Waals surface area contributed by atoms with Crippen molar-refractivity contribution in [3.63, 3.8) is 0 Å². The quantitative estimate of drug-likeness (QED) is 0.939. The molecule has 0 aliphatic carbocycles. The maximum atomic E-state index is 5.92. The van der Waals surface area contributed by atoms with Gasteiger partial charge in [0.2, 0.25) is 0 Å². The molecule has 0 aliphatic rings. The molecule has 4 nitrogen and oxygen atoms in total. The van der Waals surface area contributed by atoms with Gasteiger partial charge >= 0.3 is 0 Å². The van der Waals surface area contributed by atoms with Crippen molar-refractivity contribution in [1.29, 1.82) is 0 Å². The standard InChI is InChI=1S/C12H16BrN3O/c1-8(2)5-6-16-12(14)7-9(15-16)10-3-4-11(13)17-10/h3-4,7-8H,5-6,14H2,1-2H3. The Hall–Kier alpha value is -1.23. The molecule has 0 atom stereocenters. The Morgan fingerprint density at radius 1 is 1.47 bits per heavy atom. The van der Waals surface area contributed by atoms with Crippen molar-refractivity contribution >= 4 is 21.7 Å². The second-order valence-corrected chi connectivity index (χ2v) is 5.25. The minimum atomic E-state index is 0.639. The molecule has 17 heavy (non-hydrogen) atoms. The van der Waals surface area contributed by atoms with Gasteiger partial charge in [0.05, 0.1) is 0 Å². The minimum Gasteiger partial charge on any atom is -0.448 e. The van der Waals surface area contributed by atoms with Gasteiger partial charge in [-0.25, -0.2) is 4.68 Å². The number of nitrogens with two attached hydrogens (primary N) is 1. The zero-order valence-corrected chi connectivity index (χ0v) is 11.6. The zero-order valence-electron chi connectivity index (χ0n) is 9.98. The summed E-state index contributed by atoms with van der Waals surface area (Å²) in [5.41, 5.74) is 6.69. The lowest BCUT2D eigenvalue weighted by Crippen LogP contribution is -2.06. The number of rotatable bonds is 4. The normalized spacial score (nSPS) is 11.3. The highest BCUT2D eigenvalue weighted by molar-refractivity contribution is 9.10. The van der Waals surface area contributed by atoms with Gasteiger partial charge in [-0.15, -0.1) is 0 Å². The van der Waals surface area contributed by atoms with Crippen LogP contribution in [0.3, 0.4) is 0 Å². The largest absolute Gasteiger partial charge is 0.448 e. The topological polar surface area (TPSA) is 57.0 Å². The van der Waals surface area contributed by atoms with E-state index in [2.05, 4.69) is 34.9 Å². The van der Waals surface area contributed by atoms with Crippen molar-refractivity contribution in [2.45, 2.75) is 26.8 Å². The maximum Gasteiger partial charge on any atom is 0.169 e. The molecule has 5 heteroatoms. The third-order valence-electron chi connectivity index (χ3n) is 2.55. The number of nitrogen functional groups attached to an aromatic ring is 1. The van der Waals surface area contributed by atoms with E-state index < -0.39 is 0 Å². The lowest BCUT2D eigenvalue weighted by atomic mass is 10.1. The van der Waals surface area contributed by atoms with Crippen LogP contribution >= 0.6 is 15.9 Å². The minimum absolute atomic E-state index is 0.639. The van der Waals surface area contributed by atoms with Crippen LogP contribution in [-0.4, -0.2) is 9.78 Å². The van der Waals surface area contributed by atoms with Crippen molar-refractivity contribution in [2.24, 2.45) is 5.92 Å². The first-order chi connectivity index (χ1) is 8.06. The molecule has 0 bridgehead atoms. The van der Waals surface area contributed by atoms with Gasteiger partial charge in [-0.05, 0) is 40.4 Å². The van der Waals surface area contributed by atoms with Gasteiger partial charge < -0.3 is 10.2 Å². The monoisotopic (exact) mass is 297 g/mol. The van der Waals surface area contributed by atoms with E-state index in [9.17, 15) is 0 Å². The first-order valence-electron chi connectivity index (χ1n) is 5.65. The third kappa shape index (κ3) is 2.91. The molecule has 0 amide bonds. The summed E-state index contributed by atoms with van der Waals surface area (Å²) in [6.45, 7) is 5.21. The highest BCUT2D eigenvalue weighted by atomic mass is 79.9. The van der Waals surface area contributed by atoms with E-state index in [0.29, 0.717) is 16.4 Å². The smallest absolute Gasteiger partial charge is 0.169 e. The number of hydrogen-bond donors (Lipinski definition) is 1. The Bertz CT molecular complexity index is 502. The molecule has 0 aliphatic heterocycles. The van der Waals surface area contributed by atoms with Crippen molar-refractivity contribution in [3.05, 3.63) is 22.9 Å². The van der Waals surface area contributed by atoms with Gasteiger partial charge in [-0.1, -0.05) is 13.8 Å². The number of anilines is 1. The van der Waals surface area contributed by atoms with E-state index in [1.807, 2.05) is 22.9 Å². The van der Waals surface area contributed by atoms with Crippen LogP contribution in [0.4, 0.5) is 5.82 Å². The average Bonchev–Trinajstić information content (AvgIpc) is 2.82. The summed E-state index contributed by atoms with van der Waals surface area (Å²) in [6.07, 6.45) is 1.06. The fourth-order valence-corrected chi connectivity index (χ4v) is 1.87. The first-order valence-corrected chi connectivity index (χ1v) is 6.44. The summed E-state index contributed by atoms with van der Waals surface area (Å²) >= 11 is 3.27. The van der Waals surface area contributed by atoms with Crippen molar-refractivity contribution in [3.8, 4) is 11.5 Å². The van der Waals surface area contributed by atoms with E-state index >= 15 is 0 Å². The second kappa shape index (κ2) is 4.96. The second-order valence-electron chi connectivity index (χ2n) is 4.46. The lowest BCUT2D eigenvalue weighted by molar-refractivity contribution is 0.490. The zero-order chi connectivity index (χ0) is 12.4. The van der Waals surface area contributed by atoms with Crippen molar-refractivity contribution in [2.75, 3.05) is 5.73 Å². The average molecular weight is 298 g/mol. The Morgan fingerprint density at radius 3 is 2.82 bits per heavy atom. The van der Waals surface area contributed by atoms with Crippen LogP contribution in [0.2, 0.25) is 0 Å². The Kier molecular flexibility index (Phi) is 3.57. The fraction of sp³-hybridized carbons (Fsp3) is 0.417. The molecule has 0 spiro atoms. The molecule has 0 fully saturated rings. The predicted octanol–water partition coefficient (Wildman–Crippen LogP) is 3.53. The highest BCUT2D eigenvalue weighted by Crippen LogP contribution is 2.25. The van der Waals surface area contributed by atoms with Crippen molar-refractivity contribution in [1.82, 2.24) is 9.78 Å². The van der Waals surface area contributed by atoms with E-state index in [4.69, 9.17) is 10.2 Å². The van der Waals surface area contributed by atoms with Crippen LogP contribution in [0.15, 0.2) is 27.3 Å². The van der Waals surface area contributed by atoms with Crippen LogP contribution < -0.4 is 5.73 Å². The number of hydrogen-bond acceptors (Lipinski definition) is 3. The molecule has 0 saturated heterocycles. The SMILES string of the molecule is CC(C)CCn1nc(-c2ccc(Br)o2)cc1N. The van der Waals surface area contributed by atoms with Gasteiger partial charge in [-0.3, -0.25) is 0 Å². The summed E-state index contributed by atoms with van der Waals surface area (Å²) in [7, 11) is 0. The van der Waals surface area contributed by atoms with Gasteiger partial charge in [0.1, 0.15) is 11.5 Å². The summed E-state index contributed by atoms with van der Waals surface area (Å²) < 4.78 is 7.97. The summed E-state index contributed by atoms with van der Waals surface area (Å²) in [5.74, 6) is 2.04. The number of furan rings is 1. The lowest BCUT2D eigenvalue weighted by Gasteiger charge is -2.05. The Labute approximate surface area is 109 Å². The molecule has 0 saturated carbocycles. The number of nitrogens with zero attached hydrogens (tertiary/aromatic N) is 2. The first kappa shape index (κ1) is 12.2. The molecule has 0 aromatic carbocycles. The molecule has 0 radical (unpaired) electrons. The molecular formula is C12H16BrN3O. The fourth-order valence-electron chi connectivity index (χ4n) is 1.56. The molecule has 2 aromatic rings. The van der Waals surface area contributed by atoms with Crippen LogP contribution in [0.5, 0.6) is 0 Å². The third-order valence-corrected chi connectivity index (χ3v) is 2.98. The van der Waals surface area contributed by atoms with E-state index in [1.54, 1.807) is 0 Å². The molecule has 2 rings (SSSR count). The maximum absolute atomic E-state index is 5.92. The van der Waals surface area contributed by atoms with Gasteiger partial charge in [0, 0.05) is 12.6 Å². The number of halogens is 1. The van der Waals surface area contributed by atoms with E-state index in [1.165, 1.54) is 0 Å². The summed E-state index contributed by atoms with van der Waals surface area (Å²) in [5, 5.41) is 4.44. The van der Waals surface area contributed by atoms with Gasteiger partial charge in [-0.2, -0.15) is 5.10 Å². The molecular weight excluding hydrogens is 282 g/mol. The van der Waals surface area contributed by atoms with Crippen LogP contribution in [0.25, 0.3) is 11.5 Å². The van der Waals surface area contributed by atoms with Crippen molar-refractivity contribution < 1.29 is 4.42 Å². The number of aryl methyl sites for hydroxylation is 1. The molecule has 92 valence electrons. The molecule has 2 heterocycles. The molecule has 0 unspecified atom stereocenters. The Balaban J connectivity index is 2.18.